The molecule has 9 heteroatoms. The van der Waals surface area contributed by atoms with E-state index in [1.807, 2.05) is 0 Å². The summed E-state index contributed by atoms with van der Waals surface area (Å²) in [6.45, 7) is 3.95. The minimum atomic E-state index is -3.80. The van der Waals surface area contributed by atoms with Gasteiger partial charge in [0.1, 0.15) is 11.5 Å². The summed E-state index contributed by atoms with van der Waals surface area (Å²) in [5.41, 5.74) is -0.430. The van der Waals surface area contributed by atoms with Gasteiger partial charge in [0.15, 0.2) is 0 Å². The van der Waals surface area contributed by atoms with E-state index in [-0.39, 0.29) is 23.7 Å². The molecule has 0 saturated heterocycles. The van der Waals surface area contributed by atoms with E-state index in [2.05, 4.69) is 0 Å². The molecule has 2 aromatic rings. The maximum Gasteiger partial charge on any atom is 0.312 e. The molecule has 0 heterocycles. The Morgan fingerprint density at radius 3 is 2.31 bits per heavy atom. The molecule has 140 valence electrons. The number of ether oxygens (including phenoxy) is 2. The third-order valence-electron chi connectivity index (χ3n) is 3.74. The fourth-order valence-electron chi connectivity index (χ4n) is 2.39. The van der Waals surface area contributed by atoms with Crippen LogP contribution in [0.5, 0.6) is 17.2 Å². The number of sulfonamides is 1. The van der Waals surface area contributed by atoms with Crippen molar-refractivity contribution >= 4 is 15.7 Å². The number of nitro groups is 1. The van der Waals surface area contributed by atoms with Gasteiger partial charge < -0.3 is 9.47 Å². The first-order valence-electron chi connectivity index (χ1n) is 7.94. The Morgan fingerprint density at radius 2 is 1.73 bits per heavy atom. The van der Waals surface area contributed by atoms with Crippen LogP contribution in [-0.2, 0) is 10.0 Å². The Balaban J connectivity index is 2.45. The lowest BCUT2D eigenvalue weighted by Gasteiger charge is -2.18. The van der Waals surface area contributed by atoms with E-state index < -0.39 is 20.6 Å². The molecular weight excluding hydrogens is 360 g/mol. The highest BCUT2D eigenvalue weighted by Crippen LogP contribution is 2.35. The van der Waals surface area contributed by atoms with Crippen LogP contribution >= 0.6 is 0 Å². The second-order valence-electron chi connectivity index (χ2n) is 5.26. The Hall–Kier alpha value is -2.65. The number of nitro benzene ring substituents is 1. The highest BCUT2D eigenvalue weighted by atomic mass is 32.2. The summed E-state index contributed by atoms with van der Waals surface area (Å²) >= 11 is 0. The van der Waals surface area contributed by atoms with Crippen LogP contribution in [0.15, 0.2) is 47.4 Å². The van der Waals surface area contributed by atoms with E-state index in [4.69, 9.17) is 9.47 Å². The minimum absolute atomic E-state index is 0.0539. The lowest BCUT2D eigenvalue weighted by Crippen LogP contribution is -2.30. The van der Waals surface area contributed by atoms with Gasteiger partial charge in [0.2, 0.25) is 15.8 Å². The Bertz CT molecular complexity index is 894. The molecule has 0 aliphatic heterocycles. The molecule has 26 heavy (non-hydrogen) atoms. The summed E-state index contributed by atoms with van der Waals surface area (Å²) in [5, 5.41) is 11.4. The van der Waals surface area contributed by atoms with E-state index in [0.717, 1.165) is 6.07 Å². The number of rotatable bonds is 8. The van der Waals surface area contributed by atoms with Crippen molar-refractivity contribution in [2.45, 2.75) is 18.7 Å². The minimum Gasteiger partial charge on any atom is -0.497 e. The lowest BCUT2D eigenvalue weighted by atomic mass is 10.3. The quantitative estimate of drug-likeness (QED) is 0.514. The SMILES string of the molecule is CCN(CC)S(=O)(=O)c1ccc(Oc2cccc(OC)c2)c([N+](=O)[O-])c1. The van der Waals surface area contributed by atoms with Crippen LogP contribution in [-0.4, -0.2) is 37.8 Å². The fraction of sp³-hybridized carbons (Fsp3) is 0.294. The Labute approximate surface area is 152 Å². The topological polar surface area (TPSA) is 99.0 Å². The first-order valence-corrected chi connectivity index (χ1v) is 9.38. The van der Waals surface area contributed by atoms with Gasteiger partial charge in [-0.05, 0) is 24.3 Å². The lowest BCUT2D eigenvalue weighted by molar-refractivity contribution is -0.385. The molecule has 2 aromatic carbocycles. The van der Waals surface area contributed by atoms with Crippen LogP contribution < -0.4 is 9.47 Å². The molecule has 0 unspecified atom stereocenters. The third kappa shape index (κ3) is 4.12. The zero-order chi connectivity index (χ0) is 19.3. The molecule has 0 aliphatic rings. The van der Waals surface area contributed by atoms with Gasteiger partial charge >= 0.3 is 5.69 Å². The second kappa shape index (κ2) is 8.15. The highest BCUT2D eigenvalue weighted by molar-refractivity contribution is 7.89. The van der Waals surface area contributed by atoms with Crippen molar-refractivity contribution < 1.29 is 22.8 Å². The summed E-state index contributed by atoms with van der Waals surface area (Å²) < 4.78 is 37.0. The summed E-state index contributed by atoms with van der Waals surface area (Å²) in [4.78, 5) is 10.6. The average molecular weight is 380 g/mol. The molecule has 0 aliphatic carbocycles. The second-order valence-corrected chi connectivity index (χ2v) is 7.19. The molecular formula is C17H20N2O6S. The van der Waals surface area contributed by atoms with E-state index in [1.165, 1.54) is 23.5 Å². The maximum atomic E-state index is 12.6. The average Bonchev–Trinajstić information content (AvgIpc) is 2.62. The van der Waals surface area contributed by atoms with Gasteiger partial charge in [-0.2, -0.15) is 4.31 Å². The molecule has 0 atom stereocenters. The zero-order valence-electron chi connectivity index (χ0n) is 14.7. The van der Waals surface area contributed by atoms with Crippen molar-refractivity contribution in [3.63, 3.8) is 0 Å². The number of nitrogens with zero attached hydrogens (tertiary/aromatic N) is 2. The molecule has 0 spiro atoms. The highest BCUT2D eigenvalue weighted by Gasteiger charge is 2.26. The van der Waals surface area contributed by atoms with Crippen LogP contribution in [0.2, 0.25) is 0 Å². The monoisotopic (exact) mass is 380 g/mol. The molecule has 2 rings (SSSR count). The van der Waals surface area contributed by atoms with Crippen LogP contribution in [0.4, 0.5) is 5.69 Å². The van der Waals surface area contributed by atoms with Gasteiger partial charge in [0, 0.05) is 25.2 Å². The van der Waals surface area contributed by atoms with Crippen LogP contribution in [0.25, 0.3) is 0 Å². The smallest absolute Gasteiger partial charge is 0.312 e. The van der Waals surface area contributed by atoms with Crippen molar-refractivity contribution in [3.05, 3.63) is 52.6 Å². The van der Waals surface area contributed by atoms with E-state index in [1.54, 1.807) is 38.1 Å². The van der Waals surface area contributed by atoms with Gasteiger partial charge in [-0.25, -0.2) is 8.42 Å². The normalized spacial score (nSPS) is 11.4. The predicted molar refractivity (Wildman–Crippen MR) is 96.3 cm³/mol. The standard InChI is InChI=1S/C17H20N2O6S/c1-4-18(5-2)26(22,23)15-9-10-17(16(12-15)19(20)21)25-14-8-6-7-13(11-14)24-3/h6-12H,4-5H2,1-3H3. The molecule has 0 amide bonds. The number of hydrogen-bond acceptors (Lipinski definition) is 6. The Kier molecular flexibility index (Phi) is 6.17. The van der Waals surface area contributed by atoms with Crippen molar-refractivity contribution in [1.29, 1.82) is 0 Å². The van der Waals surface area contributed by atoms with Gasteiger partial charge in [-0.1, -0.05) is 19.9 Å². The molecule has 0 bridgehead atoms. The predicted octanol–water partition coefficient (Wildman–Crippen LogP) is 3.43. The molecule has 0 radical (unpaired) electrons. The van der Waals surface area contributed by atoms with Crippen molar-refractivity contribution in [2.24, 2.45) is 0 Å². The first kappa shape index (κ1) is 19.7. The number of benzene rings is 2. The van der Waals surface area contributed by atoms with E-state index in [0.29, 0.717) is 11.5 Å². The van der Waals surface area contributed by atoms with Gasteiger partial charge in [0.25, 0.3) is 0 Å². The number of methoxy groups -OCH3 is 1. The summed E-state index contributed by atoms with van der Waals surface area (Å²) in [5.74, 6) is 0.819. The van der Waals surface area contributed by atoms with Crippen molar-refractivity contribution in [1.82, 2.24) is 4.31 Å². The fourth-order valence-corrected chi connectivity index (χ4v) is 3.87. The van der Waals surface area contributed by atoms with Crippen molar-refractivity contribution in [3.8, 4) is 17.2 Å². The Morgan fingerprint density at radius 1 is 1.08 bits per heavy atom. The van der Waals surface area contributed by atoms with E-state index >= 15 is 0 Å². The molecule has 0 aromatic heterocycles. The third-order valence-corrected chi connectivity index (χ3v) is 5.79. The van der Waals surface area contributed by atoms with Crippen LogP contribution in [0.3, 0.4) is 0 Å². The summed E-state index contributed by atoms with van der Waals surface area (Å²) in [7, 11) is -2.31. The summed E-state index contributed by atoms with van der Waals surface area (Å²) in [6, 6.07) is 10.2. The van der Waals surface area contributed by atoms with Gasteiger partial charge in [-0.15, -0.1) is 0 Å². The largest absolute Gasteiger partial charge is 0.497 e. The molecule has 0 saturated carbocycles. The van der Waals surface area contributed by atoms with Crippen LogP contribution in [0.1, 0.15) is 13.8 Å². The molecule has 0 N–H and O–H groups in total. The van der Waals surface area contributed by atoms with Gasteiger partial charge in [-0.3, -0.25) is 10.1 Å². The van der Waals surface area contributed by atoms with Gasteiger partial charge in [0.05, 0.1) is 16.9 Å². The van der Waals surface area contributed by atoms with Crippen LogP contribution in [0, 0.1) is 10.1 Å². The number of hydrogen-bond donors (Lipinski definition) is 0. The molecule has 0 fully saturated rings. The first-order chi connectivity index (χ1) is 12.3. The zero-order valence-corrected chi connectivity index (χ0v) is 15.5. The maximum absolute atomic E-state index is 12.6. The molecule has 8 nitrogen and oxygen atoms in total. The summed E-state index contributed by atoms with van der Waals surface area (Å²) in [6.07, 6.45) is 0. The van der Waals surface area contributed by atoms with Crippen molar-refractivity contribution in [2.75, 3.05) is 20.2 Å². The van der Waals surface area contributed by atoms with E-state index in [9.17, 15) is 18.5 Å².